The van der Waals surface area contributed by atoms with Crippen molar-refractivity contribution < 1.29 is 4.39 Å². The molecule has 0 N–H and O–H groups in total. The summed E-state index contributed by atoms with van der Waals surface area (Å²) in [6.45, 7) is 2.74. The third-order valence-electron chi connectivity index (χ3n) is 3.57. The second kappa shape index (κ2) is 5.82. The summed E-state index contributed by atoms with van der Waals surface area (Å²) < 4.78 is 15.0. The molecule has 0 amide bonds. The van der Waals surface area contributed by atoms with Crippen LogP contribution in [0.4, 0.5) is 4.39 Å². The van der Waals surface area contributed by atoms with E-state index in [1.54, 1.807) is 18.3 Å². The number of imidazole rings is 1. The van der Waals surface area contributed by atoms with E-state index in [9.17, 15) is 4.39 Å². The van der Waals surface area contributed by atoms with Crippen LogP contribution < -0.4 is 0 Å². The summed E-state index contributed by atoms with van der Waals surface area (Å²) in [6.07, 6.45) is 2.57. The average molecular weight is 304 g/mol. The lowest BCUT2D eigenvalue weighted by molar-refractivity contribution is 0.625. The number of alkyl halides is 1. The van der Waals surface area contributed by atoms with Gasteiger partial charge in [-0.1, -0.05) is 12.1 Å². The van der Waals surface area contributed by atoms with E-state index in [0.717, 1.165) is 41.1 Å². The van der Waals surface area contributed by atoms with Crippen LogP contribution in [0.3, 0.4) is 0 Å². The minimum Gasteiger partial charge on any atom is -0.311 e. The monoisotopic (exact) mass is 303 g/mol. The minimum absolute atomic E-state index is 0.217. The Balaban J connectivity index is 1.92. The molecule has 0 radical (unpaired) electrons. The molecular formula is C16H15ClFN3. The predicted octanol–water partition coefficient (Wildman–Crippen LogP) is 3.86. The van der Waals surface area contributed by atoms with E-state index in [2.05, 4.69) is 9.97 Å². The first-order valence-electron chi connectivity index (χ1n) is 6.80. The standard InChI is InChI=1S/C16H15ClFN3/c1-11-6-8-19-16-15(11)20-14(10-17)21(16)9-7-12-2-4-13(18)5-3-12/h2-6,8H,7,9-10H2,1H3. The van der Waals surface area contributed by atoms with Crippen molar-refractivity contribution in [1.29, 1.82) is 0 Å². The van der Waals surface area contributed by atoms with Gasteiger partial charge in [0.15, 0.2) is 5.65 Å². The first-order valence-corrected chi connectivity index (χ1v) is 7.33. The number of hydrogen-bond acceptors (Lipinski definition) is 2. The van der Waals surface area contributed by atoms with Gasteiger partial charge in [0.2, 0.25) is 0 Å². The summed E-state index contributed by atoms with van der Waals surface area (Å²) in [5.41, 5.74) is 3.92. The molecule has 0 fully saturated rings. The number of aryl methyl sites for hydroxylation is 3. The van der Waals surface area contributed by atoms with Gasteiger partial charge in [0.25, 0.3) is 0 Å². The Bertz CT molecular complexity index is 765. The maximum Gasteiger partial charge on any atom is 0.160 e. The van der Waals surface area contributed by atoms with E-state index in [0.29, 0.717) is 5.88 Å². The molecule has 0 saturated heterocycles. The molecule has 2 aromatic heterocycles. The zero-order valence-electron chi connectivity index (χ0n) is 11.7. The molecule has 1 aromatic carbocycles. The average Bonchev–Trinajstić information content (AvgIpc) is 2.86. The summed E-state index contributed by atoms with van der Waals surface area (Å²) in [4.78, 5) is 8.98. The lowest BCUT2D eigenvalue weighted by Crippen LogP contribution is -2.06. The number of rotatable bonds is 4. The number of halogens is 2. The van der Waals surface area contributed by atoms with Gasteiger partial charge in [-0.3, -0.25) is 0 Å². The van der Waals surface area contributed by atoms with E-state index >= 15 is 0 Å². The molecule has 3 nitrogen and oxygen atoms in total. The van der Waals surface area contributed by atoms with Crippen molar-refractivity contribution in [3.8, 4) is 0 Å². The molecule has 0 unspecified atom stereocenters. The van der Waals surface area contributed by atoms with Crippen LogP contribution in [0, 0.1) is 12.7 Å². The van der Waals surface area contributed by atoms with Gasteiger partial charge in [0.05, 0.1) is 5.88 Å². The smallest absolute Gasteiger partial charge is 0.160 e. The third-order valence-corrected chi connectivity index (χ3v) is 3.81. The summed E-state index contributed by atoms with van der Waals surface area (Å²) >= 11 is 6.00. The van der Waals surface area contributed by atoms with E-state index < -0.39 is 0 Å². The van der Waals surface area contributed by atoms with Gasteiger partial charge in [-0.15, -0.1) is 11.6 Å². The van der Waals surface area contributed by atoms with Crippen LogP contribution in [0.2, 0.25) is 0 Å². The Morgan fingerprint density at radius 2 is 1.95 bits per heavy atom. The molecule has 0 saturated carbocycles. The number of aromatic nitrogens is 3. The number of nitrogens with zero attached hydrogens (tertiary/aromatic N) is 3. The second-order valence-electron chi connectivity index (χ2n) is 4.99. The Hall–Kier alpha value is -1.94. The fraction of sp³-hybridized carbons (Fsp3) is 0.250. The SMILES string of the molecule is Cc1ccnc2c1nc(CCl)n2CCc1ccc(F)cc1. The van der Waals surface area contributed by atoms with Crippen molar-refractivity contribution in [1.82, 2.24) is 14.5 Å². The zero-order valence-corrected chi connectivity index (χ0v) is 12.4. The van der Waals surface area contributed by atoms with Gasteiger partial charge in [0.1, 0.15) is 17.2 Å². The number of benzene rings is 1. The number of hydrogen-bond donors (Lipinski definition) is 0. The molecule has 0 atom stereocenters. The summed E-state index contributed by atoms with van der Waals surface area (Å²) in [5, 5.41) is 0. The molecule has 21 heavy (non-hydrogen) atoms. The van der Waals surface area contributed by atoms with Gasteiger partial charge >= 0.3 is 0 Å². The van der Waals surface area contributed by atoms with Crippen LogP contribution in [-0.4, -0.2) is 14.5 Å². The number of pyridine rings is 1. The van der Waals surface area contributed by atoms with E-state index in [4.69, 9.17) is 11.6 Å². The van der Waals surface area contributed by atoms with Gasteiger partial charge in [-0.25, -0.2) is 14.4 Å². The highest BCUT2D eigenvalue weighted by atomic mass is 35.5. The van der Waals surface area contributed by atoms with Crippen LogP contribution in [0.1, 0.15) is 17.0 Å². The Kier molecular flexibility index (Phi) is 3.88. The van der Waals surface area contributed by atoms with Crippen LogP contribution >= 0.6 is 11.6 Å². The summed E-state index contributed by atoms with van der Waals surface area (Å²) in [6, 6.07) is 8.50. The quantitative estimate of drug-likeness (QED) is 0.685. The highest BCUT2D eigenvalue weighted by molar-refractivity contribution is 6.16. The molecular weight excluding hydrogens is 289 g/mol. The van der Waals surface area contributed by atoms with Crippen LogP contribution in [-0.2, 0) is 18.8 Å². The van der Waals surface area contributed by atoms with Crippen LogP contribution in [0.5, 0.6) is 0 Å². The van der Waals surface area contributed by atoms with E-state index in [1.807, 2.05) is 17.6 Å². The lowest BCUT2D eigenvalue weighted by Gasteiger charge is -2.07. The second-order valence-corrected chi connectivity index (χ2v) is 5.26. The topological polar surface area (TPSA) is 30.7 Å². The molecule has 108 valence electrons. The molecule has 5 heteroatoms. The fourth-order valence-electron chi connectivity index (χ4n) is 2.41. The van der Waals surface area contributed by atoms with Gasteiger partial charge in [-0.2, -0.15) is 0 Å². The van der Waals surface area contributed by atoms with Crippen molar-refractivity contribution in [2.45, 2.75) is 25.8 Å². The third kappa shape index (κ3) is 2.76. The summed E-state index contributed by atoms with van der Waals surface area (Å²) in [7, 11) is 0. The van der Waals surface area contributed by atoms with Gasteiger partial charge in [-0.05, 0) is 42.7 Å². The molecule has 3 aromatic rings. The minimum atomic E-state index is -0.217. The maximum absolute atomic E-state index is 12.9. The lowest BCUT2D eigenvalue weighted by atomic mass is 10.1. The van der Waals surface area contributed by atoms with Crippen LogP contribution in [0.15, 0.2) is 36.5 Å². The predicted molar refractivity (Wildman–Crippen MR) is 81.9 cm³/mol. The van der Waals surface area contributed by atoms with E-state index in [-0.39, 0.29) is 5.82 Å². The van der Waals surface area contributed by atoms with Crippen molar-refractivity contribution >= 4 is 22.8 Å². The number of fused-ring (bicyclic) bond motifs is 1. The fourth-order valence-corrected chi connectivity index (χ4v) is 2.62. The molecule has 0 bridgehead atoms. The Labute approximate surface area is 127 Å². The normalized spacial score (nSPS) is 11.2. The Morgan fingerprint density at radius 3 is 2.67 bits per heavy atom. The van der Waals surface area contributed by atoms with Crippen LogP contribution in [0.25, 0.3) is 11.2 Å². The molecule has 0 aliphatic carbocycles. The van der Waals surface area contributed by atoms with Gasteiger partial charge in [0, 0.05) is 12.7 Å². The van der Waals surface area contributed by atoms with Crippen molar-refractivity contribution in [3.05, 3.63) is 59.3 Å². The highest BCUT2D eigenvalue weighted by Crippen LogP contribution is 2.19. The zero-order chi connectivity index (χ0) is 14.8. The molecule has 0 aliphatic rings. The molecule has 2 heterocycles. The molecule has 3 rings (SSSR count). The largest absolute Gasteiger partial charge is 0.311 e. The van der Waals surface area contributed by atoms with Crippen molar-refractivity contribution in [3.63, 3.8) is 0 Å². The Morgan fingerprint density at radius 1 is 1.19 bits per heavy atom. The van der Waals surface area contributed by atoms with Gasteiger partial charge < -0.3 is 4.57 Å². The maximum atomic E-state index is 12.9. The first kappa shape index (κ1) is 14.0. The first-order chi connectivity index (χ1) is 10.2. The van der Waals surface area contributed by atoms with Crippen molar-refractivity contribution in [2.75, 3.05) is 0 Å². The summed E-state index contributed by atoms with van der Waals surface area (Å²) in [5.74, 6) is 0.945. The molecule has 0 aliphatic heterocycles. The van der Waals surface area contributed by atoms with E-state index in [1.165, 1.54) is 12.1 Å². The highest BCUT2D eigenvalue weighted by Gasteiger charge is 2.12. The van der Waals surface area contributed by atoms with Crippen molar-refractivity contribution in [2.24, 2.45) is 0 Å². The molecule has 0 spiro atoms.